The lowest BCUT2D eigenvalue weighted by molar-refractivity contribution is -0.142. The Morgan fingerprint density at radius 2 is 1.44 bits per heavy atom. The van der Waals surface area contributed by atoms with Gasteiger partial charge in [-0.15, -0.1) is 0 Å². The lowest BCUT2D eigenvalue weighted by Crippen LogP contribution is -2.58. The van der Waals surface area contributed by atoms with Crippen molar-refractivity contribution in [3.05, 3.63) is 29.8 Å². The largest absolute Gasteiger partial charge is 0.508 e. The van der Waals surface area contributed by atoms with Crippen LogP contribution < -0.4 is 21.7 Å². The van der Waals surface area contributed by atoms with E-state index in [1.165, 1.54) is 19.1 Å². The number of carboxylic acid groups (broad SMARTS) is 1. The molecule has 4 atom stereocenters. The van der Waals surface area contributed by atoms with Crippen LogP contribution in [0, 0.1) is 5.92 Å². The molecular weight excluding hydrogens is 420 g/mol. The van der Waals surface area contributed by atoms with Gasteiger partial charge in [0.2, 0.25) is 17.7 Å². The second-order valence-corrected chi connectivity index (χ2v) is 7.98. The summed E-state index contributed by atoms with van der Waals surface area (Å²) in [6, 6.07) is 1.62. The van der Waals surface area contributed by atoms with Gasteiger partial charge in [0.05, 0.1) is 12.6 Å². The summed E-state index contributed by atoms with van der Waals surface area (Å²) in [6.07, 6.45) is 0.422. The highest BCUT2D eigenvalue weighted by Crippen LogP contribution is 2.11. The number of nitrogens with two attached hydrogens (primary N) is 1. The standard InChI is InChI=1S/C21H32N4O7/c1-11(2)8-16(19(29)25-17(10-26)20(30)23-12(3)21(31)32)24-18(28)15(22)9-13-4-6-14(27)7-5-13/h4-7,11-12,15-17,26-27H,8-10,22H2,1-3H3,(H,23,30)(H,24,28)(H,25,29)(H,31,32). The maximum Gasteiger partial charge on any atom is 0.325 e. The molecule has 0 radical (unpaired) electrons. The van der Waals surface area contributed by atoms with Crippen LogP contribution in [0.5, 0.6) is 5.75 Å². The van der Waals surface area contributed by atoms with E-state index < -0.39 is 54.5 Å². The van der Waals surface area contributed by atoms with Gasteiger partial charge in [-0.2, -0.15) is 0 Å². The van der Waals surface area contributed by atoms with Crippen molar-refractivity contribution >= 4 is 23.7 Å². The number of hydrogen-bond acceptors (Lipinski definition) is 7. The SMILES string of the molecule is CC(C)CC(NC(=O)C(N)Cc1ccc(O)cc1)C(=O)NC(CO)C(=O)NC(C)C(=O)O. The molecule has 1 aromatic carbocycles. The minimum absolute atomic E-state index is 0.00723. The number of hydrogen-bond donors (Lipinski definition) is 7. The monoisotopic (exact) mass is 452 g/mol. The van der Waals surface area contributed by atoms with Gasteiger partial charge in [0.1, 0.15) is 23.9 Å². The van der Waals surface area contributed by atoms with Crippen molar-refractivity contribution in [2.45, 2.75) is 57.8 Å². The number of nitrogens with one attached hydrogen (secondary N) is 3. The molecule has 0 aliphatic rings. The predicted octanol–water partition coefficient (Wildman–Crippen LogP) is -1.14. The molecule has 11 heteroatoms. The average Bonchev–Trinajstić information content (AvgIpc) is 2.72. The van der Waals surface area contributed by atoms with E-state index in [1.807, 2.05) is 13.8 Å². The molecule has 1 rings (SSSR count). The first-order valence-electron chi connectivity index (χ1n) is 10.2. The van der Waals surface area contributed by atoms with Crippen molar-refractivity contribution in [3.8, 4) is 5.75 Å². The number of amides is 3. The number of rotatable bonds is 12. The van der Waals surface area contributed by atoms with Crippen LogP contribution in [0.25, 0.3) is 0 Å². The summed E-state index contributed by atoms with van der Waals surface area (Å²) < 4.78 is 0. The molecule has 0 fully saturated rings. The first-order valence-corrected chi connectivity index (χ1v) is 10.2. The molecule has 0 bridgehead atoms. The van der Waals surface area contributed by atoms with Gasteiger partial charge in [-0.25, -0.2) is 0 Å². The molecular formula is C21H32N4O7. The van der Waals surface area contributed by atoms with Crippen LogP contribution in [0.15, 0.2) is 24.3 Å². The summed E-state index contributed by atoms with van der Waals surface area (Å²) in [5, 5.41) is 34.8. The van der Waals surface area contributed by atoms with Gasteiger partial charge in [-0.3, -0.25) is 19.2 Å². The number of phenols is 1. The van der Waals surface area contributed by atoms with Gasteiger partial charge in [0.15, 0.2) is 0 Å². The minimum atomic E-state index is -1.39. The van der Waals surface area contributed by atoms with E-state index >= 15 is 0 Å². The highest BCUT2D eigenvalue weighted by Gasteiger charge is 2.29. The number of carbonyl (C=O) groups excluding carboxylic acids is 3. The minimum Gasteiger partial charge on any atom is -0.508 e. The van der Waals surface area contributed by atoms with Gasteiger partial charge in [0.25, 0.3) is 0 Å². The average molecular weight is 453 g/mol. The van der Waals surface area contributed by atoms with Crippen LogP contribution >= 0.6 is 0 Å². The maximum atomic E-state index is 12.7. The van der Waals surface area contributed by atoms with Crippen molar-refractivity contribution in [1.82, 2.24) is 16.0 Å². The first kappa shape index (κ1) is 26.9. The van der Waals surface area contributed by atoms with Crippen LogP contribution in [0.3, 0.4) is 0 Å². The normalized spacial score (nSPS) is 14.7. The number of carbonyl (C=O) groups is 4. The Kier molecular flexibility index (Phi) is 10.6. The van der Waals surface area contributed by atoms with Gasteiger partial charge in [0, 0.05) is 0 Å². The number of aliphatic hydroxyl groups excluding tert-OH is 1. The number of carboxylic acids is 1. The Hall–Kier alpha value is -3.18. The van der Waals surface area contributed by atoms with Crippen LogP contribution in [-0.2, 0) is 25.6 Å². The molecule has 0 saturated heterocycles. The second-order valence-electron chi connectivity index (χ2n) is 7.98. The fraction of sp³-hybridized carbons (Fsp3) is 0.524. The Labute approximate surface area is 186 Å². The van der Waals surface area contributed by atoms with Crippen LogP contribution in [0.1, 0.15) is 32.8 Å². The summed E-state index contributed by atoms with van der Waals surface area (Å²) in [4.78, 5) is 48.3. The zero-order chi connectivity index (χ0) is 24.4. The third kappa shape index (κ3) is 8.90. The Balaban J connectivity index is 2.81. The highest BCUT2D eigenvalue weighted by atomic mass is 16.4. The number of phenolic OH excluding ortho intramolecular Hbond substituents is 1. The highest BCUT2D eigenvalue weighted by molar-refractivity contribution is 5.94. The van der Waals surface area contributed by atoms with Crippen molar-refractivity contribution in [3.63, 3.8) is 0 Å². The van der Waals surface area contributed by atoms with E-state index in [2.05, 4.69) is 16.0 Å². The Bertz CT molecular complexity index is 798. The van der Waals surface area contributed by atoms with Gasteiger partial charge in [-0.1, -0.05) is 26.0 Å². The van der Waals surface area contributed by atoms with Crippen LogP contribution in [0.4, 0.5) is 0 Å². The summed E-state index contributed by atoms with van der Waals surface area (Å²) in [7, 11) is 0. The third-order valence-corrected chi connectivity index (χ3v) is 4.61. The molecule has 4 unspecified atom stereocenters. The molecule has 0 aliphatic carbocycles. The van der Waals surface area contributed by atoms with E-state index in [4.69, 9.17) is 10.8 Å². The topological polar surface area (TPSA) is 191 Å². The molecule has 0 aromatic heterocycles. The molecule has 0 spiro atoms. The number of aliphatic carboxylic acids is 1. The molecule has 8 N–H and O–H groups in total. The molecule has 1 aromatic rings. The van der Waals surface area contributed by atoms with E-state index in [9.17, 15) is 29.4 Å². The van der Waals surface area contributed by atoms with Crippen molar-refractivity contribution in [2.75, 3.05) is 6.61 Å². The molecule has 178 valence electrons. The third-order valence-electron chi connectivity index (χ3n) is 4.61. The summed E-state index contributed by atoms with van der Waals surface area (Å²) >= 11 is 0. The quantitative estimate of drug-likeness (QED) is 0.207. The van der Waals surface area contributed by atoms with Gasteiger partial charge >= 0.3 is 5.97 Å². The Morgan fingerprint density at radius 1 is 0.906 bits per heavy atom. The van der Waals surface area contributed by atoms with E-state index in [0.717, 1.165) is 5.56 Å². The first-order chi connectivity index (χ1) is 14.9. The van der Waals surface area contributed by atoms with Gasteiger partial charge in [-0.05, 0) is 43.4 Å². The molecule has 32 heavy (non-hydrogen) atoms. The lowest BCUT2D eigenvalue weighted by atomic mass is 10.0. The van der Waals surface area contributed by atoms with E-state index in [1.54, 1.807) is 12.1 Å². The molecule has 11 nitrogen and oxygen atoms in total. The Morgan fingerprint density at radius 3 is 1.94 bits per heavy atom. The number of aliphatic hydroxyl groups is 1. The van der Waals surface area contributed by atoms with Crippen molar-refractivity contribution in [1.29, 1.82) is 0 Å². The smallest absolute Gasteiger partial charge is 0.325 e. The van der Waals surface area contributed by atoms with Crippen molar-refractivity contribution < 1.29 is 34.5 Å². The van der Waals surface area contributed by atoms with E-state index in [-0.39, 0.29) is 24.5 Å². The maximum absolute atomic E-state index is 12.7. The van der Waals surface area contributed by atoms with Crippen LogP contribution in [-0.4, -0.2) is 69.8 Å². The summed E-state index contributed by atoms with van der Waals surface area (Å²) in [6.45, 7) is 4.17. The van der Waals surface area contributed by atoms with Crippen molar-refractivity contribution in [2.24, 2.45) is 11.7 Å². The zero-order valence-electron chi connectivity index (χ0n) is 18.4. The second kappa shape index (κ2) is 12.6. The van der Waals surface area contributed by atoms with Gasteiger partial charge < -0.3 is 37.0 Å². The zero-order valence-corrected chi connectivity index (χ0v) is 18.4. The lowest BCUT2D eigenvalue weighted by Gasteiger charge is -2.25. The molecule has 3 amide bonds. The fourth-order valence-corrected chi connectivity index (χ4v) is 2.80. The summed E-state index contributed by atoms with van der Waals surface area (Å²) in [5.74, 6) is -3.33. The fourth-order valence-electron chi connectivity index (χ4n) is 2.80. The van der Waals surface area contributed by atoms with E-state index in [0.29, 0.717) is 0 Å². The molecule has 0 heterocycles. The number of aromatic hydroxyl groups is 1. The predicted molar refractivity (Wildman–Crippen MR) is 115 cm³/mol. The van der Waals surface area contributed by atoms with Crippen LogP contribution in [0.2, 0.25) is 0 Å². The number of benzene rings is 1. The molecule has 0 saturated carbocycles. The molecule has 0 aliphatic heterocycles. The summed E-state index contributed by atoms with van der Waals surface area (Å²) in [5.41, 5.74) is 6.68.